The smallest absolute Gasteiger partial charge is 0.225 e. The number of para-hydroxylation sites is 1. The molecule has 1 aliphatic rings. The largest absolute Gasteiger partial charge is 0.472 e. The Labute approximate surface area is 167 Å². The SMILES string of the molecule is CCN1CC(Oc2nc(-c3ccccc3)nc3ccccc23)CC1C(C)(C)C. The van der Waals surface area contributed by atoms with Gasteiger partial charge in [-0.05, 0) is 24.1 Å². The van der Waals surface area contributed by atoms with Crippen LogP contribution in [0.3, 0.4) is 0 Å². The van der Waals surface area contributed by atoms with E-state index >= 15 is 0 Å². The van der Waals surface area contributed by atoms with E-state index in [2.05, 4.69) is 32.6 Å². The van der Waals surface area contributed by atoms with Crippen molar-refractivity contribution in [3.05, 3.63) is 54.6 Å². The lowest BCUT2D eigenvalue weighted by molar-refractivity contribution is 0.147. The van der Waals surface area contributed by atoms with Crippen molar-refractivity contribution in [3.63, 3.8) is 0 Å². The van der Waals surface area contributed by atoms with Crippen LogP contribution in [0.2, 0.25) is 0 Å². The Morgan fingerprint density at radius 1 is 1.00 bits per heavy atom. The lowest BCUT2D eigenvalue weighted by atomic mass is 9.85. The van der Waals surface area contributed by atoms with Gasteiger partial charge >= 0.3 is 0 Å². The Balaban J connectivity index is 1.69. The standard InChI is InChI=1S/C24H29N3O/c1-5-27-16-18(15-21(27)24(2,3)4)28-23-19-13-9-10-14-20(19)25-22(26-23)17-11-7-6-8-12-17/h6-14,18,21H,5,15-16H2,1-4H3. The van der Waals surface area contributed by atoms with Crippen LogP contribution in [-0.2, 0) is 0 Å². The van der Waals surface area contributed by atoms with E-state index in [1.54, 1.807) is 0 Å². The summed E-state index contributed by atoms with van der Waals surface area (Å²) in [6.45, 7) is 11.2. The van der Waals surface area contributed by atoms with Crippen LogP contribution in [0.25, 0.3) is 22.3 Å². The van der Waals surface area contributed by atoms with Crippen LogP contribution < -0.4 is 4.74 Å². The highest BCUT2D eigenvalue weighted by atomic mass is 16.5. The molecule has 2 heterocycles. The molecule has 2 aromatic carbocycles. The summed E-state index contributed by atoms with van der Waals surface area (Å²) in [7, 11) is 0. The minimum absolute atomic E-state index is 0.145. The molecule has 1 aliphatic heterocycles. The quantitative estimate of drug-likeness (QED) is 0.629. The average Bonchev–Trinajstić information content (AvgIpc) is 3.12. The van der Waals surface area contributed by atoms with Crippen LogP contribution in [0.4, 0.5) is 0 Å². The summed E-state index contributed by atoms with van der Waals surface area (Å²) in [5.74, 6) is 1.41. The molecule has 1 fully saturated rings. The van der Waals surface area contributed by atoms with Crippen molar-refractivity contribution in [1.29, 1.82) is 0 Å². The van der Waals surface area contributed by atoms with E-state index in [9.17, 15) is 0 Å². The Morgan fingerprint density at radius 2 is 1.71 bits per heavy atom. The van der Waals surface area contributed by atoms with Gasteiger partial charge in [-0.2, -0.15) is 4.98 Å². The first-order chi connectivity index (χ1) is 13.5. The minimum Gasteiger partial charge on any atom is -0.472 e. The molecule has 4 heteroatoms. The van der Waals surface area contributed by atoms with Crippen molar-refractivity contribution in [3.8, 4) is 17.3 Å². The Kier molecular flexibility index (Phi) is 5.07. The second kappa shape index (κ2) is 7.51. The van der Waals surface area contributed by atoms with Crippen LogP contribution in [0.1, 0.15) is 34.1 Å². The number of ether oxygens (including phenoxy) is 1. The van der Waals surface area contributed by atoms with Gasteiger partial charge in [0.25, 0.3) is 0 Å². The zero-order valence-corrected chi connectivity index (χ0v) is 17.2. The van der Waals surface area contributed by atoms with Crippen molar-refractivity contribution in [2.75, 3.05) is 13.1 Å². The Morgan fingerprint density at radius 3 is 2.39 bits per heavy atom. The molecular weight excluding hydrogens is 346 g/mol. The lowest BCUT2D eigenvalue weighted by Crippen LogP contribution is -2.39. The van der Waals surface area contributed by atoms with Crippen LogP contribution in [0.15, 0.2) is 54.6 Å². The third-order valence-corrected chi connectivity index (χ3v) is 5.65. The van der Waals surface area contributed by atoms with E-state index in [0.717, 1.165) is 36.0 Å². The molecule has 1 saturated heterocycles. The van der Waals surface area contributed by atoms with Crippen LogP contribution in [0, 0.1) is 5.41 Å². The molecule has 2 unspecified atom stereocenters. The van der Waals surface area contributed by atoms with Crippen LogP contribution >= 0.6 is 0 Å². The summed E-state index contributed by atoms with van der Waals surface area (Å²) < 4.78 is 6.52. The van der Waals surface area contributed by atoms with E-state index < -0.39 is 0 Å². The maximum absolute atomic E-state index is 6.52. The predicted molar refractivity (Wildman–Crippen MR) is 114 cm³/mol. The summed E-state index contributed by atoms with van der Waals surface area (Å²) in [6, 6.07) is 18.7. The van der Waals surface area contributed by atoms with E-state index in [1.165, 1.54) is 0 Å². The van der Waals surface area contributed by atoms with Crippen LogP contribution in [0.5, 0.6) is 5.88 Å². The number of likely N-dealkylation sites (N-methyl/N-ethyl adjacent to an activating group) is 1. The summed E-state index contributed by atoms with van der Waals surface area (Å²) in [6.07, 6.45) is 1.17. The molecule has 4 nitrogen and oxygen atoms in total. The fraction of sp³-hybridized carbons (Fsp3) is 0.417. The minimum atomic E-state index is 0.145. The van der Waals surface area contributed by atoms with Gasteiger partial charge in [0, 0.05) is 24.6 Å². The monoisotopic (exact) mass is 375 g/mol. The first-order valence-corrected chi connectivity index (χ1v) is 10.2. The van der Waals surface area contributed by atoms with Gasteiger partial charge in [-0.3, -0.25) is 4.90 Å². The predicted octanol–water partition coefficient (Wildman–Crippen LogP) is 5.18. The number of benzene rings is 2. The summed E-state index contributed by atoms with van der Waals surface area (Å²) in [5.41, 5.74) is 2.16. The average molecular weight is 376 g/mol. The van der Waals surface area contributed by atoms with E-state index in [1.807, 2.05) is 54.6 Å². The highest BCUT2D eigenvalue weighted by Crippen LogP contribution is 2.35. The summed E-state index contributed by atoms with van der Waals surface area (Å²) in [5, 5.41) is 0.976. The number of rotatable bonds is 4. The first-order valence-electron chi connectivity index (χ1n) is 10.2. The second-order valence-corrected chi connectivity index (χ2v) is 8.68. The molecule has 0 aliphatic carbocycles. The lowest BCUT2D eigenvalue weighted by Gasteiger charge is -2.33. The summed E-state index contributed by atoms with van der Waals surface area (Å²) in [4.78, 5) is 12.1. The number of aromatic nitrogens is 2. The summed E-state index contributed by atoms with van der Waals surface area (Å²) >= 11 is 0. The van der Waals surface area contributed by atoms with Crippen molar-refractivity contribution < 1.29 is 4.74 Å². The molecular formula is C24H29N3O. The van der Waals surface area contributed by atoms with Gasteiger partial charge in [0.05, 0.1) is 10.9 Å². The Hall–Kier alpha value is -2.46. The molecule has 0 amide bonds. The molecule has 3 aromatic rings. The third-order valence-electron chi connectivity index (χ3n) is 5.65. The van der Waals surface area contributed by atoms with Gasteiger partial charge < -0.3 is 4.74 Å². The number of hydrogen-bond acceptors (Lipinski definition) is 4. The first kappa shape index (κ1) is 18.9. The van der Waals surface area contributed by atoms with Crippen molar-refractivity contribution >= 4 is 10.9 Å². The molecule has 0 bridgehead atoms. The normalized spacial score (nSPS) is 20.6. The van der Waals surface area contributed by atoms with Gasteiger partial charge in [0.1, 0.15) is 6.10 Å². The molecule has 146 valence electrons. The molecule has 0 N–H and O–H groups in total. The zero-order chi connectivity index (χ0) is 19.7. The number of likely N-dealkylation sites (tertiary alicyclic amines) is 1. The highest BCUT2D eigenvalue weighted by Gasteiger charge is 2.39. The fourth-order valence-corrected chi connectivity index (χ4v) is 4.21. The fourth-order valence-electron chi connectivity index (χ4n) is 4.21. The Bertz CT molecular complexity index is 949. The van der Waals surface area contributed by atoms with E-state index in [-0.39, 0.29) is 11.5 Å². The number of fused-ring (bicyclic) bond motifs is 1. The third kappa shape index (κ3) is 3.74. The van der Waals surface area contributed by atoms with Gasteiger partial charge in [0.2, 0.25) is 5.88 Å². The molecule has 4 rings (SSSR count). The highest BCUT2D eigenvalue weighted by molar-refractivity contribution is 5.85. The topological polar surface area (TPSA) is 38.2 Å². The van der Waals surface area contributed by atoms with Gasteiger partial charge in [-0.25, -0.2) is 4.98 Å². The van der Waals surface area contributed by atoms with Crippen molar-refractivity contribution in [2.24, 2.45) is 5.41 Å². The maximum Gasteiger partial charge on any atom is 0.225 e. The maximum atomic E-state index is 6.52. The molecule has 0 saturated carbocycles. The molecule has 0 spiro atoms. The number of hydrogen-bond donors (Lipinski definition) is 0. The van der Waals surface area contributed by atoms with Gasteiger partial charge in [-0.1, -0.05) is 70.2 Å². The van der Waals surface area contributed by atoms with E-state index in [4.69, 9.17) is 14.7 Å². The molecule has 28 heavy (non-hydrogen) atoms. The number of nitrogens with zero attached hydrogens (tertiary/aromatic N) is 3. The molecule has 1 aromatic heterocycles. The van der Waals surface area contributed by atoms with Crippen molar-refractivity contribution in [2.45, 2.75) is 46.3 Å². The van der Waals surface area contributed by atoms with Crippen molar-refractivity contribution in [1.82, 2.24) is 14.9 Å². The van der Waals surface area contributed by atoms with Gasteiger partial charge in [-0.15, -0.1) is 0 Å². The molecule has 2 atom stereocenters. The second-order valence-electron chi connectivity index (χ2n) is 8.68. The zero-order valence-electron chi connectivity index (χ0n) is 17.2. The van der Waals surface area contributed by atoms with Gasteiger partial charge in [0.15, 0.2) is 5.82 Å². The van der Waals surface area contributed by atoms with E-state index in [0.29, 0.717) is 17.7 Å². The molecule has 0 radical (unpaired) electrons. The van der Waals surface area contributed by atoms with Crippen LogP contribution in [-0.4, -0.2) is 40.1 Å².